The Kier molecular flexibility index (Phi) is 2.50. The van der Waals surface area contributed by atoms with Gasteiger partial charge in [0.15, 0.2) is 0 Å². The maximum atomic E-state index is 5.72. The van der Waals surface area contributed by atoms with E-state index in [0.717, 1.165) is 12.3 Å². The largest absolute Gasteiger partial charge is 0.406 e. The van der Waals surface area contributed by atoms with Crippen molar-refractivity contribution in [1.29, 1.82) is 0 Å². The minimum Gasteiger partial charge on any atom is -0.406 e. The van der Waals surface area contributed by atoms with E-state index in [1.54, 1.807) is 0 Å². The van der Waals surface area contributed by atoms with E-state index in [-0.39, 0.29) is 0 Å². The Morgan fingerprint density at radius 3 is 2.54 bits per heavy atom. The standard InChI is InChI=1S/C11H15NO/c1-2-12(10-8-9-10)13-11-6-4-3-5-7-11/h3-7,10H,2,8-9H2,1H3. The van der Waals surface area contributed by atoms with Gasteiger partial charge in [-0.25, -0.2) is 0 Å². The zero-order valence-corrected chi connectivity index (χ0v) is 7.94. The monoisotopic (exact) mass is 177 g/mol. The Morgan fingerprint density at radius 2 is 2.00 bits per heavy atom. The summed E-state index contributed by atoms with van der Waals surface area (Å²) < 4.78 is 0. The van der Waals surface area contributed by atoms with Gasteiger partial charge >= 0.3 is 0 Å². The number of hydroxylamine groups is 2. The topological polar surface area (TPSA) is 12.5 Å². The molecule has 0 amide bonds. The molecule has 2 heteroatoms. The first-order valence-corrected chi connectivity index (χ1v) is 4.90. The number of hydrogen-bond donors (Lipinski definition) is 0. The van der Waals surface area contributed by atoms with Crippen LogP contribution in [0.25, 0.3) is 0 Å². The van der Waals surface area contributed by atoms with Crippen LogP contribution in [0.5, 0.6) is 5.75 Å². The SMILES string of the molecule is CCN(Oc1ccccc1)C1CC1. The molecule has 1 aromatic rings. The van der Waals surface area contributed by atoms with E-state index in [1.165, 1.54) is 12.8 Å². The number of rotatable bonds is 4. The third-order valence-electron chi connectivity index (χ3n) is 2.23. The van der Waals surface area contributed by atoms with Crippen molar-refractivity contribution in [3.8, 4) is 5.75 Å². The molecule has 2 rings (SSSR count). The van der Waals surface area contributed by atoms with E-state index >= 15 is 0 Å². The number of para-hydroxylation sites is 1. The van der Waals surface area contributed by atoms with E-state index < -0.39 is 0 Å². The van der Waals surface area contributed by atoms with E-state index in [2.05, 4.69) is 12.0 Å². The summed E-state index contributed by atoms with van der Waals surface area (Å²) in [6.07, 6.45) is 2.56. The molecule has 2 nitrogen and oxygen atoms in total. The summed E-state index contributed by atoms with van der Waals surface area (Å²) in [5, 5.41) is 2.06. The summed E-state index contributed by atoms with van der Waals surface area (Å²) in [6.45, 7) is 3.08. The minimum atomic E-state index is 0.658. The molecule has 1 saturated carbocycles. The molecule has 0 aromatic heterocycles. The second-order valence-corrected chi connectivity index (χ2v) is 3.37. The molecule has 1 aromatic carbocycles. The summed E-state index contributed by atoms with van der Waals surface area (Å²) in [5.41, 5.74) is 0. The van der Waals surface area contributed by atoms with E-state index in [9.17, 15) is 0 Å². The van der Waals surface area contributed by atoms with Crippen molar-refractivity contribution in [2.45, 2.75) is 25.8 Å². The lowest BCUT2D eigenvalue weighted by Gasteiger charge is -2.19. The van der Waals surface area contributed by atoms with Crippen molar-refractivity contribution in [3.63, 3.8) is 0 Å². The highest BCUT2D eigenvalue weighted by atomic mass is 16.7. The van der Waals surface area contributed by atoms with Crippen LogP contribution >= 0.6 is 0 Å². The first kappa shape index (κ1) is 8.57. The average Bonchev–Trinajstić information content (AvgIpc) is 2.99. The molecular formula is C11H15NO. The molecule has 0 N–H and O–H groups in total. The molecular weight excluding hydrogens is 162 g/mol. The highest BCUT2D eigenvalue weighted by molar-refractivity contribution is 5.20. The molecule has 0 unspecified atom stereocenters. The van der Waals surface area contributed by atoms with Crippen molar-refractivity contribution < 1.29 is 4.84 Å². The lowest BCUT2D eigenvalue weighted by Crippen LogP contribution is -2.29. The predicted molar refractivity (Wildman–Crippen MR) is 52.5 cm³/mol. The van der Waals surface area contributed by atoms with Crippen molar-refractivity contribution in [2.24, 2.45) is 0 Å². The van der Waals surface area contributed by atoms with Crippen LogP contribution < -0.4 is 4.84 Å². The quantitative estimate of drug-likeness (QED) is 0.655. The second-order valence-electron chi connectivity index (χ2n) is 3.37. The molecule has 1 fully saturated rings. The molecule has 0 heterocycles. The summed E-state index contributed by atoms with van der Waals surface area (Å²) in [6, 6.07) is 10.6. The first-order chi connectivity index (χ1) is 6.40. The fourth-order valence-corrected chi connectivity index (χ4v) is 1.38. The van der Waals surface area contributed by atoms with Gasteiger partial charge in [0.05, 0.1) is 0 Å². The fourth-order valence-electron chi connectivity index (χ4n) is 1.38. The van der Waals surface area contributed by atoms with Gasteiger partial charge in [0.25, 0.3) is 0 Å². The van der Waals surface area contributed by atoms with Gasteiger partial charge in [0, 0.05) is 12.6 Å². The summed E-state index contributed by atoms with van der Waals surface area (Å²) in [4.78, 5) is 5.72. The average molecular weight is 177 g/mol. The summed E-state index contributed by atoms with van der Waals surface area (Å²) >= 11 is 0. The van der Waals surface area contributed by atoms with E-state index in [4.69, 9.17) is 4.84 Å². The fraction of sp³-hybridized carbons (Fsp3) is 0.455. The number of nitrogens with zero attached hydrogens (tertiary/aromatic N) is 1. The Hall–Kier alpha value is -1.02. The first-order valence-electron chi connectivity index (χ1n) is 4.90. The Morgan fingerprint density at radius 1 is 1.31 bits per heavy atom. The number of hydrogen-bond acceptors (Lipinski definition) is 2. The minimum absolute atomic E-state index is 0.658. The predicted octanol–water partition coefficient (Wildman–Crippen LogP) is 2.46. The van der Waals surface area contributed by atoms with Gasteiger partial charge in [-0.1, -0.05) is 18.2 Å². The summed E-state index contributed by atoms with van der Waals surface area (Å²) in [7, 11) is 0. The zero-order chi connectivity index (χ0) is 9.10. The van der Waals surface area contributed by atoms with Gasteiger partial charge in [0.2, 0.25) is 0 Å². The maximum absolute atomic E-state index is 5.72. The zero-order valence-electron chi connectivity index (χ0n) is 7.94. The molecule has 0 radical (unpaired) electrons. The Balaban J connectivity index is 1.95. The van der Waals surface area contributed by atoms with E-state index in [1.807, 2.05) is 30.3 Å². The summed E-state index contributed by atoms with van der Waals surface area (Å²) in [5.74, 6) is 0.941. The molecule has 0 atom stereocenters. The van der Waals surface area contributed by atoms with Crippen molar-refractivity contribution >= 4 is 0 Å². The van der Waals surface area contributed by atoms with Crippen LogP contribution in [0.4, 0.5) is 0 Å². The highest BCUT2D eigenvalue weighted by Crippen LogP contribution is 2.27. The molecule has 1 aliphatic carbocycles. The Labute approximate surface area is 79.1 Å². The van der Waals surface area contributed by atoms with Gasteiger partial charge in [-0.3, -0.25) is 0 Å². The Bertz CT molecular complexity index is 256. The van der Waals surface area contributed by atoms with Gasteiger partial charge in [-0.15, -0.1) is 5.06 Å². The van der Waals surface area contributed by atoms with Crippen LogP contribution in [-0.2, 0) is 0 Å². The van der Waals surface area contributed by atoms with E-state index in [0.29, 0.717) is 6.04 Å². The van der Waals surface area contributed by atoms with Crippen LogP contribution in [0.3, 0.4) is 0 Å². The molecule has 0 saturated heterocycles. The van der Waals surface area contributed by atoms with Crippen LogP contribution in [-0.4, -0.2) is 17.6 Å². The molecule has 1 aliphatic rings. The van der Waals surface area contributed by atoms with Crippen molar-refractivity contribution in [2.75, 3.05) is 6.54 Å². The second kappa shape index (κ2) is 3.79. The molecule has 0 spiro atoms. The normalized spacial score (nSPS) is 16.2. The van der Waals surface area contributed by atoms with Gasteiger partial charge in [-0.05, 0) is 31.9 Å². The molecule has 70 valence electrons. The van der Waals surface area contributed by atoms with Crippen LogP contribution in [0.15, 0.2) is 30.3 Å². The van der Waals surface area contributed by atoms with Crippen molar-refractivity contribution in [3.05, 3.63) is 30.3 Å². The smallest absolute Gasteiger partial charge is 0.147 e. The third kappa shape index (κ3) is 2.22. The lowest BCUT2D eigenvalue weighted by molar-refractivity contribution is -0.0623. The van der Waals surface area contributed by atoms with Crippen LogP contribution in [0.2, 0.25) is 0 Å². The molecule has 0 bridgehead atoms. The maximum Gasteiger partial charge on any atom is 0.147 e. The third-order valence-corrected chi connectivity index (χ3v) is 2.23. The van der Waals surface area contributed by atoms with Gasteiger partial charge in [-0.2, -0.15) is 0 Å². The van der Waals surface area contributed by atoms with Crippen LogP contribution in [0.1, 0.15) is 19.8 Å². The van der Waals surface area contributed by atoms with Gasteiger partial charge in [0.1, 0.15) is 5.75 Å². The molecule has 0 aliphatic heterocycles. The lowest BCUT2D eigenvalue weighted by atomic mass is 10.3. The number of benzene rings is 1. The van der Waals surface area contributed by atoms with Crippen molar-refractivity contribution in [1.82, 2.24) is 5.06 Å². The highest BCUT2D eigenvalue weighted by Gasteiger charge is 2.29. The molecule has 13 heavy (non-hydrogen) atoms. The van der Waals surface area contributed by atoms with Gasteiger partial charge < -0.3 is 4.84 Å². The van der Waals surface area contributed by atoms with Crippen LogP contribution in [0, 0.1) is 0 Å².